The maximum atomic E-state index is 13.8. The first kappa shape index (κ1) is 18.9. The fourth-order valence-electron chi connectivity index (χ4n) is 2.91. The van der Waals surface area contributed by atoms with Crippen LogP contribution in [0.25, 0.3) is 0 Å². The van der Waals surface area contributed by atoms with Gasteiger partial charge in [0.05, 0.1) is 12.1 Å². The van der Waals surface area contributed by atoms with E-state index in [2.05, 4.69) is 5.32 Å². The van der Waals surface area contributed by atoms with Crippen LogP contribution < -0.4 is 5.32 Å². The molecular weight excluding hydrogens is 359 g/mol. The molecule has 3 rings (SSSR count). The Morgan fingerprint density at radius 2 is 1.63 bits per heavy atom. The Morgan fingerprint density at radius 3 is 2.30 bits per heavy atom. The first-order chi connectivity index (χ1) is 12.9. The number of anilines is 1. The van der Waals surface area contributed by atoms with Crippen molar-refractivity contribution in [1.29, 1.82) is 0 Å². The Bertz CT molecular complexity index is 852. The average molecular weight is 377 g/mol. The van der Waals surface area contributed by atoms with Crippen LogP contribution in [0.3, 0.4) is 0 Å². The maximum absolute atomic E-state index is 13.8. The minimum atomic E-state index is -0.892. The second-order valence-corrected chi connectivity index (χ2v) is 6.25. The monoisotopic (exact) mass is 377 g/mol. The molecule has 1 aliphatic rings. The van der Waals surface area contributed by atoms with Gasteiger partial charge < -0.3 is 10.2 Å². The Hall–Kier alpha value is -2.87. The summed E-state index contributed by atoms with van der Waals surface area (Å²) in [4.78, 5) is 27.7. The molecule has 142 valence electrons. The Labute approximate surface area is 154 Å². The lowest BCUT2D eigenvalue weighted by Gasteiger charge is -2.34. The lowest BCUT2D eigenvalue weighted by molar-refractivity contribution is -0.117. The normalized spacial score (nSPS) is 14.9. The van der Waals surface area contributed by atoms with Crippen LogP contribution in [0.4, 0.5) is 18.9 Å². The highest BCUT2D eigenvalue weighted by Crippen LogP contribution is 2.14. The standard InChI is InChI=1S/C19H18F3N3O2/c20-13-2-1-3-15(10-13)23-18(26)12-24-6-8-25(9-7-24)19(27)16-5-4-14(21)11-17(16)22/h1-5,10-11H,6-9,12H2,(H,23,26). The van der Waals surface area contributed by atoms with Gasteiger partial charge in [0.15, 0.2) is 0 Å². The molecule has 27 heavy (non-hydrogen) atoms. The summed E-state index contributed by atoms with van der Waals surface area (Å²) in [5.74, 6) is -2.86. The van der Waals surface area contributed by atoms with E-state index in [0.29, 0.717) is 37.9 Å². The molecule has 2 amide bonds. The van der Waals surface area contributed by atoms with Gasteiger partial charge in [-0.1, -0.05) is 6.07 Å². The van der Waals surface area contributed by atoms with Gasteiger partial charge in [0.25, 0.3) is 5.91 Å². The summed E-state index contributed by atoms with van der Waals surface area (Å²) >= 11 is 0. The largest absolute Gasteiger partial charge is 0.336 e. The van der Waals surface area contributed by atoms with E-state index < -0.39 is 23.4 Å². The summed E-state index contributed by atoms with van der Waals surface area (Å²) in [6.07, 6.45) is 0. The molecule has 0 saturated carbocycles. The third-order valence-corrected chi connectivity index (χ3v) is 4.30. The van der Waals surface area contributed by atoms with Crippen LogP contribution in [-0.4, -0.2) is 54.3 Å². The Morgan fingerprint density at radius 1 is 0.926 bits per heavy atom. The number of rotatable bonds is 4. The molecule has 1 saturated heterocycles. The van der Waals surface area contributed by atoms with Gasteiger partial charge in [-0.2, -0.15) is 0 Å². The highest BCUT2D eigenvalue weighted by atomic mass is 19.1. The van der Waals surface area contributed by atoms with Crippen LogP contribution in [0, 0.1) is 17.5 Å². The van der Waals surface area contributed by atoms with Crippen molar-refractivity contribution >= 4 is 17.5 Å². The quantitative estimate of drug-likeness (QED) is 0.891. The van der Waals surface area contributed by atoms with Crippen molar-refractivity contribution in [3.63, 3.8) is 0 Å². The minimum absolute atomic E-state index is 0.101. The van der Waals surface area contributed by atoms with Gasteiger partial charge in [-0.05, 0) is 30.3 Å². The SMILES string of the molecule is O=C(CN1CCN(C(=O)c2ccc(F)cc2F)CC1)Nc1cccc(F)c1. The molecule has 1 heterocycles. The number of hydrogen-bond donors (Lipinski definition) is 1. The summed E-state index contributed by atoms with van der Waals surface area (Å²) in [6, 6.07) is 8.47. The minimum Gasteiger partial charge on any atom is -0.336 e. The number of carbonyl (C=O) groups excluding carboxylic acids is 2. The molecule has 1 N–H and O–H groups in total. The summed E-state index contributed by atoms with van der Waals surface area (Å²) in [7, 11) is 0. The molecule has 0 aromatic heterocycles. The van der Waals surface area contributed by atoms with Crippen molar-refractivity contribution in [1.82, 2.24) is 9.80 Å². The molecule has 8 heteroatoms. The first-order valence-electron chi connectivity index (χ1n) is 8.44. The predicted octanol–water partition coefficient (Wildman–Crippen LogP) is 2.50. The molecule has 5 nitrogen and oxygen atoms in total. The van der Waals surface area contributed by atoms with Crippen molar-refractivity contribution in [3.8, 4) is 0 Å². The van der Waals surface area contributed by atoms with Gasteiger partial charge in [0, 0.05) is 37.9 Å². The van der Waals surface area contributed by atoms with Gasteiger partial charge >= 0.3 is 0 Å². The number of carbonyl (C=O) groups is 2. The molecule has 2 aromatic rings. The smallest absolute Gasteiger partial charge is 0.256 e. The molecule has 1 fully saturated rings. The van der Waals surface area contributed by atoms with Crippen molar-refractivity contribution in [2.45, 2.75) is 0 Å². The molecule has 0 atom stereocenters. The van der Waals surface area contributed by atoms with Crippen molar-refractivity contribution < 1.29 is 22.8 Å². The Balaban J connectivity index is 1.51. The van der Waals surface area contributed by atoms with Crippen LogP contribution >= 0.6 is 0 Å². The van der Waals surface area contributed by atoms with Crippen LogP contribution in [0.1, 0.15) is 10.4 Å². The molecule has 0 spiro atoms. The predicted molar refractivity (Wildman–Crippen MR) is 93.7 cm³/mol. The van der Waals surface area contributed by atoms with E-state index in [1.807, 2.05) is 4.90 Å². The highest BCUT2D eigenvalue weighted by molar-refractivity contribution is 5.94. The molecule has 2 aromatic carbocycles. The molecule has 1 aliphatic heterocycles. The van der Waals surface area contributed by atoms with Crippen molar-refractivity contribution in [2.24, 2.45) is 0 Å². The van der Waals surface area contributed by atoms with Gasteiger partial charge in [0.1, 0.15) is 17.5 Å². The zero-order valence-electron chi connectivity index (χ0n) is 14.4. The summed E-state index contributed by atoms with van der Waals surface area (Å²) in [5, 5.41) is 2.62. The topological polar surface area (TPSA) is 52.7 Å². The summed E-state index contributed by atoms with van der Waals surface area (Å²) in [5.41, 5.74) is 0.203. The molecule has 0 unspecified atom stereocenters. The van der Waals surface area contributed by atoms with Crippen molar-refractivity contribution in [3.05, 3.63) is 65.5 Å². The molecular formula is C19H18F3N3O2. The maximum Gasteiger partial charge on any atom is 0.256 e. The third-order valence-electron chi connectivity index (χ3n) is 4.30. The number of nitrogens with one attached hydrogen (secondary N) is 1. The van der Waals surface area contributed by atoms with E-state index in [1.165, 1.54) is 23.1 Å². The average Bonchev–Trinajstić information content (AvgIpc) is 2.62. The molecule has 0 bridgehead atoms. The number of nitrogens with zero attached hydrogens (tertiary/aromatic N) is 2. The lowest BCUT2D eigenvalue weighted by atomic mass is 10.1. The van der Waals surface area contributed by atoms with Gasteiger partial charge in [0.2, 0.25) is 5.91 Å². The van der Waals surface area contributed by atoms with Crippen LogP contribution in [0.5, 0.6) is 0 Å². The van der Waals surface area contributed by atoms with E-state index in [-0.39, 0.29) is 18.0 Å². The Kier molecular flexibility index (Phi) is 5.75. The zero-order chi connectivity index (χ0) is 19.4. The number of amides is 2. The fraction of sp³-hybridized carbons (Fsp3) is 0.263. The first-order valence-corrected chi connectivity index (χ1v) is 8.44. The van der Waals surface area contributed by atoms with Crippen LogP contribution in [0.15, 0.2) is 42.5 Å². The van der Waals surface area contributed by atoms with Gasteiger partial charge in [-0.25, -0.2) is 13.2 Å². The number of piperazine rings is 1. The second kappa shape index (κ2) is 8.22. The zero-order valence-corrected chi connectivity index (χ0v) is 14.4. The van der Waals surface area contributed by atoms with E-state index in [4.69, 9.17) is 0 Å². The lowest BCUT2D eigenvalue weighted by Crippen LogP contribution is -2.50. The van der Waals surface area contributed by atoms with Crippen LogP contribution in [0.2, 0.25) is 0 Å². The summed E-state index contributed by atoms with van der Waals surface area (Å²) < 4.78 is 39.9. The van der Waals surface area contributed by atoms with Gasteiger partial charge in [-0.15, -0.1) is 0 Å². The summed E-state index contributed by atoms with van der Waals surface area (Å²) in [6.45, 7) is 1.62. The molecule has 0 aliphatic carbocycles. The number of benzene rings is 2. The number of hydrogen-bond acceptors (Lipinski definition) is 3. The van der Waals surface area contributed by atoms with Crippen LogP contribution in [-0.2, 0) is 4.79 Å². The van der Waals surface area contributed by atoms with Crippen molar-refractivity contribution in [2.75, 3.05) is 38.0 Å². The van der Waals surface area contributed by atoms with Gasteiger partial charge in [-0.3, -0.25) is 14.5 Å². The van der Waals surface area contributed by atoms with E-state index >= 15 is 0 Å². The van der Waals surface area contributed by atoms with E-state index in [9.17, 15) is 22.8 Å². The number of halogens is 3. The van der Waals surface area contributed by atoms with E-state index in [0.717, 1.165) is 12.1 Å². The third kappa shape index (κ3) is 4.85. The fourth-order valence-corrected chi connectivity index (χ4v) is 2.91. The highest BCUT2D eigenvalue weighted by Gasteiger charge is 2.25. The second-order valence-electron chi connectivity index (χ2n) is 6.25. The van der Waals surface area contributed by atoms with E-state index in [1.54, 1.807) is 6.07 Å². The molecule has 0 radical (unpaired) electrons.